The van der Waals surface area contributed by atoms with Crippen LogP contribution >= 0.6 is 0 Å². The van der Waals surface area contributed by atoms with Gasteiger partial charge in [-0.3, -0.25) is 4.90 Å². The molecular weight excluding hydrogens is 198 g/mol. The Morgan fingerprint density at radius 1 is 1.00 bits per heavy atom. The summed E-state index contributed by atoms with van der Waals surface area (Å²) in [5.74, 6) is 0.776. The molecule has 0 atom stereocenters. The van der Waals surface area contributed by atoms with Gasteiger partial charge in [0, 0.05) is 31.7 Å². The van der Waals surface area contributed by atoms with Crippen molar-refractivity contribution in [2.75, 3.05) is 46.3 Å². The van der Waals surface area contributed by atoms with Gasteiger partial charge in [0.25, 0.3) is 0 Å². The average molecular weight is 225 g/mol. The third-order valence-corrected chi connectivity index (χ3v) is 4.68. The number of rotatable bonds is 2. The highest BCUT2D eigenvalue weighted by atomic mass is 15.3. The van der Waals surface area contributed by atoms with Crippen LogP contribution in [0, 0.1) is 5.92 Å². The van der Waals surface area contributed by atoms with Crippen LogP contribution in [0.2, 0.25) is 0 Å². The van der Waals surface area contributed by atoms with Gasteiger partial charge in [-0.15, -0.1) is 0 Å². The van der Waals surface area contributed by atoms with E-state index in [-0.39, 0.29) is 0 Å². The van der Waals surface area contributed by atoms with Crippen molar-refractivity contribution in [1.82, 2.24) is 15.1 Å². The van der Waals surface area contributed by atoms with E-state index in [1.165, 1.54) is 52.1 Å². The van der Waals surface area contributed by atoms with Crippen LogP contribution in [0.4, 0.5) is 0 Å². The lowest BCUT2D eigenvalue weighted by molar-refractivity contribution is -0.0130. The topological polar surface area (TPSA) is 18.5 Å². The fourth-order valence-corrected chi connectivity index (χ4v) is 3.37. The maximum absolute atomic E-state index is 3.51. The summed E-state index contributed by atoms with van der Waals surface area (Å²) in [7, 11) is 2.24. The molecule has 0 unspecified atom stereocenters. The van der Waals surface area contributed by atoms with Crippen LogP contribution < -0.4 is 5.32 Å². The minimum Gasteiger partial charge on any atom is -0.317 e. The van der Waals surface area contributed by atoms with Crippen molar-refractivity contribution >= 4 is 0 Å². The molecule has 2 aliphatic heterocycles. The molecule has 1 N–H and O–H groups in total. The largest absolute Gasteiger partial charge is 0.317 e. The lowest BCUT2D eigenvalue weighted by atomic mass is 9.76. The predicted octanol–water partition coefficient (Wildman–Crippen LogP) is 1.01. The Labute approximate surface area is 100 Å². The second-order valence-electron chi connectivity index (χ2n) is 5.80. The van der Waals surface area contributed by atoms with E-state index >= 15 is 0 Å². The molecule has 2 heterocycles. The zero-order valence-electron chi connectivity index (χ0n) is 11.1. The Bertz CT molecular complexity index is 213. The molecule has 3 nitrogen and oxygen atoms in total. The molecule has 0 aromatic heterocycles. The summed E-state index contributed by atoms with van der Waals surface area (Å²) >= 11 is 0. The van der Waals surface area contributed by atoms with Crippen LogP contribution in [0.5, 0.6) is 0 Å². The molecule has 0 saturated carbocycles. The quantitative estimate of drug-likeness (QED) is 0.757. The molecule has 0 amide bonds. The third-order valence-electron chi connectivity index (χ3n) is 4.68. The second kappa shape index (κ2) is 5.03. The molecule has 0 aliphatic carbocycles. The molecule has 2 aliphatic rings. The molecule has 2 rings (SSSR count). The van der Waals surface area contributed by atoms with Gasteiger partial charge in [0.1, 0.15) is 0 Å². The van der Waals surface area contributed by atoms with Crippen LogP contribution in [0.15, 0.2) is 0 Å². The highest BCUT2D eigenvalue weighted by Gasteiger charge is 2.41. The van der Waals surface area contributed by atoms with Gasteiger partial charge in [-0.05, 0) is 38.9 Å². The van der Waals surface area contributed by atoms with Crippen LogP contribution in [0.3, 0.4) is 0 Å². The van der Waals surface area contributed by atoms with E-state index < -0.39 is 0 Å². The summed E-state index contributed by atoms with van der Waals surface area (Å²) in [5, 5.41) is 3.51. The summed E-state index contributed by atoms with van der Waals surface area (Å²) in [5.41, 5.74) is 0.479. The molecule has 94 valence electrons. The number of hydrogen-bond acceptors (Lipinski definition) is 3. The van der Waals surface area contributed by atoms with Gasteiger partial charge in [0.15, 0.2) is 0 Å². The monoisotopic (exact) mass is 225 g/mol. The van der Waals surface area contributed by atoms with Crippen LogP contribution in [0.1, 0.15) is 26.7 Å². The van der Waals surface area contributed by atoms with Crippen molar-refractivity contribution in [3.8, 4) is 0 Å². The number of nitrogens with one attached hydrogen (secondary N) is 1. The Morgan fingerprint density at radius 3 is 2.06 bits per heavy atom. The summed E-state index contributed by atoms with van der Waals surface area (Å²) in [6.07, 6.45) is 2.66. The number of nitrogens with zero attached hydrogens (tertiary/aromatic N) is 2. The van der Waals surface area contributed by atoms with Gasteiger partial charge in [0.2, 0.25) is 0 Å². The maximum Gasteiger partial charge on any atom is 0.0257 e. The Balaban J connectivity index is 2.06. The molecule has 0 radical (unpaired) electrons. The first-order valence-electron chi connectivity index (χ1n) is 6.79. The maximum atomic E-state index is 3.51. The first-order chi connectivity index (χ1) is 7.65. The molecule has 2 saturated heterocycles. The van der Waals surface area contributed by atoms with Gasteiger partial charge >= 0.3 is 0 Å². The number of hydrogen-bond donors (Lipinski definition) is 1. The third kappa shape index (κ3) is 2.27. The van der Waals surface area contributed by atoms with Crippen molar-refractivity contribution < 1.29 is 0 Å². The normalized spacial score (nSPS) is 28.5. The molecule has 0 bridgehead atoms. The van der Waals surface area contributed by atoms with Gasteiger partial charge in [-0.25, -0.2) is 0 Å². The van der Waals surface area contributed by atoms with Gasteiger partial charge < -0.3 is 10.2 Å². The highest BCUT2D eigenvalue weighted by molar-refractivity contribution is 4.98. The van der Waals surface area contributed by atoms with E-state index in [0.717, 1.165) is 5.92 Å². The predicted molar refractivity (Wildman–Crippen MR) is 68.7 cm³/mol. The fourth-order valence-electron chi connectivity index (χ4n) is 3.37. The number of piperidine rings is 1. The van der Waals surface area contributed by atoms with E-state index in [0.29, 0.717) is 5.54 Å². The number of piperazine rings is 1. The molecule has 2 fully saturated rings. The summed E-state index contributed by atoms with van der Waals surface area (Å²) in [6, 6.07) is 0. The lowest BCUT2D eigenvalue weighted by Gasteiger charge is -2.52. The second-order valence-corrected chi connectivity index (χ2v) is 5.80. The van der Waals surface area contributed by atoms with Gasteiger partial charge in [-0.2, -0.15) is 0 Å². The minimum atomic E-state index is 0.479. The van der Waals surface area contributed by atoms with Crippen molar-refractivity contribution in [1.29, 1.82) is 0 Å². The fraction of sp³-hybridized carbons (Fsp3) is 1.00. The first-order valence-corrected chi connectivity index (χ1v) is 6.79. The van der Waals surface area contributed by atoms with Crippen LogP contribution in [0.25, 0.3) is 0 Å². The summed E-state index contributed by atoms with van der Waals surface area (Å²) in [4.78, 5) is 5.23. The molecule has 0 spiro atoms. The summed E-state index contributed by atoms with van der Waals surface area (Å²) < 4.78 is 0. The molecule has 16 heavy (non-hydrogen) atoms. The summed E-state index contributed by atoms with van der Waals surface area (Å²) in [6.45, 7) is 12.2. The molecule has 0 aromatic rings. The Kier molecular flexibility index (Phi) is 3.88. The Hall–Kier alpha value is -0.120. The first kappa shape index (κ1) is 12.3. The highest BCUT2D eigenvalue weighted by Crippen LogP contribution is 2.34. The van der Waals surface area contributed by atoms with E-state index in [9.17, 15) is 0 Å². The van der Waals surface area contributed by atoms with E-state index in [4.69, 9.17) is 0 Å². The van der Waals surface area contributed by atoms with E-state index in [2.05, 4.69) is 36.0 Å². The van der Waals surface area contributed by atoms with Crippen LogP contribution in [-0.2, 0) is 0 Å². The van der Waals surface area contributed by atoms with Crippen molar-refractivity contribution in [3.05, 3.63) is 0 Å². The molecule has 0 aromatic carbocycles. The van der Waals surface area contributed by atoms with Gasteiger partial charge in [-0.1, -0.05) is 13.8 Å². The smallest absolute Gasteiger partial charge is 0.0257 e. The lowest BCUT2D eigenvalue weighted by Crippen LogP contribution is -2.62. The molecular formula is C13H27N3. The minimum absolute atomic E-state index is 0.479. The van der Waals surface area contributed by atoms with Gasteiger partial charge in [0.05, 0.1) is 0 Å². The SMILES string of the molecule is CC(C)C1(N2CCN(C)CC2)CCNCC1. The zero-order chi connectivity index (χ0) is 11.6. The molecule has 3 heteroatoms. The van der Waals surface area contributed by atoms with E-state index in [1.54, 1.807) is 0 Å². The Morgan fingerprint density at radius 2 is 1.56 bits per heavy atom. The van der Waals surface area contributed by atoms with Crippen molar-refractivity contribution in [2.24, 2.45) is 5.92 Å². The van der Waals surface area contributed by atoms with Crippen molar-refractivity contribution in [2.45, 2.75) is 32.2 Å². The van der Waals surface area contributed by atoms with E-state index in [1.807, 2.05) is 0 Å². The zero-order valence-corrected chi connectivity index (χ0v) is 11.1. The standard InChI is InChI=1S/C13H27N3/c1-12(2)13(4-6-14-7-5-13)16-10-8-15(3)9-11-16/h12,14H,4-11H2,1-3H3. The van der Waals surface area contributed by atoms with Crippen molar-refractivity contribution in [3.63, 3.8) is 0 Å². The average Bonchev–Trinajstić information content (AvgIpc) is 2.30. The van der Waals surface area contributed by atoms with Crippen LogP contribution in [-0.4, -0.2) is 61.7 Å². The number of likely N-dealkylation sites (N-methyl/N-ethyl adjacent to an activating group) is 1.